The Balaban J connectivity index is 1.39. The van der Waals surface area contributed by atoms with Crippen LogP contribution >= 0.6 is 11.6 Å². The van der Waals surface area contributed by atoms with Crippen LogP contribution in [0.3, 0.4) is 0 Å². The highest BCUT2D eigenvalue weighted by Gasteiger charge is 2.55. The quantitative estimate of drug-likeness (QED) is 0.508. The van der Waals surface area contributed by atoms with Gasteiger partial charge in [-0.2, -0.15) is 0 Å². The molecule has 1 aromatic heterocycles. The lowest BCUT2D eigenvalue weighted by Crippen LogP contribution is -2.48. The Labute approximate surface area is 194 Å². The minimum atomic E-state index is -0.809. The molecule has 32 heavy (non-hydrogen) atoms. The number of pyridine rings is 1. The number of hydrogen-bond donors (Lipinski definition) is 2. The van der Waals surface area contributed by atoms with Crippen molar-refractivity contribution in [2.75, 3.05) is 0 Å². The number of halogens is 1. The highest BCUT2D eigenvalue weighted by atomic mass is 35.5. The van der Waals surface area contributed by atoms with Gasteiger partial charge in [0, 0.05) is 22.9 Å². The Hall–Kier alpha value is -1.94. The second-order valence-electron chi connectivity index (χ2n) is 10.5. The molecule has 1 heterocycles. The second kappa shape index (κ2) is 7.28. The standard InChI is InChI=1S/C28H30ClNO2/c1-27-11-9-21-14-20-15-22(31)5-4-17(20)8-12-28(21,32)25(27)7-6-24(27)19-3-2-18-10-13-30-26(29)23(18)16-19/h2-3,6,9-10,13-14,16-17,22,25,31-32H,4-5,7-8,11-12,15H2,1H3/t17?,22?,25?,27?,28-/m1/s1. The van der Waals surface area contributed by atoms with Crippen LogP contribution in [0.15, 0.2) is 59.8 Å². The topological polar surface area (TPSA) is 53.4 Å². The van der Waals surface area contributed by atoms with Crippen LogP contribution < -0.4 is 0 Å². The zero-order chi connectivity index (χ0) is 22.1. The summed E-state index contributed by atoms with van der Waals surface area (Å²) in [6.07, 6.45) is 14.7. The number of benzene rings is 1. The molecule has 0 spiro atoms. The van der Waals surface area contributed by atoms with Crippen molar-refractivity contribution in [3.8, 4) is 0 Å². The maximum Gasteiger partial charge on any atom is 0.136 e. The molecular formula is C28H30ClNO2. The molecule has 1 aromatic carbocycles. The lowest BCUT2D eigenvalue weighted by atomic mass is 9.58. The summed E-state index contributed by atoms with van der Waals surface area (Å²) < 4.78 is 0. The van der Waals surface area contributed by atoms with Crippen LogP contribution in [0.2, 0.25) is 5.15 Å². The van der Waals surface area contributed by atoms with Crippen LogP contribution in [0.25, 0.3) is 16.3 Å². The van der Waals surface area contributed by atoms with E-state index in [1.165, 1.54) is 16.7 Å². The van der Waals surface area contributed by atoms with Gasteiger partial charge in [0.1, 0.15) is 5.15 Å². The molecule has 4 aliphatic rings. The number of nitrogens with zero attached hydrogens (tertiary/aromatic N) is 1. The smallest absolute Gasteiger partial charge is 0.136 e. The van der Waals surface area contributed by atoms with Crippen LogP contribution in [0.1, 0.15) is 57.4 Å². The van der Waals surface area contributed by atoms with E-state index in [4.69, 9.17) is 11.6 Å². The first-order chi connectivity index (χ1) is 15.4. The van der Waals surface area contributed by atoms with E-state index in [0.29, 0.717) is 11.1 Å². The number of aliphatic hydroxyl groups excluding tert-OH is 1. The Morgan fingerprint density at radius 3 is 2.88 bits per heavy atom. The van der Waals surface area contributed by atoms with Crippen molar-refractivity contribution < 1.29 is 10.2 Å². The third-order valence-electron chi connectivity index (χ3n) is 8.85. The molecule has 4 aliphatic carbocycles. The van der Waals surface area contributed by atoms with Gasteiger partial charge in [0.2, 0.25) is 0 Å². The number of allylic oxidation sites excluding steroid dienone is 3. The van der Waals surface area contributed by atoms with E-state index in [1.54, 1.807) is 6.20 Å². The van der Waals surface area contributed by atoms with E-state index >= 15 is 0 Å². The number of aromatic nitrogens is 1. The fourth-order valence-electron chi connectivity index (χ4n) is 7.06. The summed E-state index contributed by atoms with van der Waals surface area (Å²) in [5.74, 6) is 0.663. The van der Waals surface area contributed by atoms with Crippen LogP contribution in [-0.4, -0.2) is 26.9 Å². The first kappa shape index (κ1) is 20.7. The summed E-state index contributed by atoms with van der Waals surface area (Å²) in [7, 11) is 0. The minimum absolute atomic E-state index is 0.117. The average molecular weight is 448 g/mol. The van der Waals surface area contributed by atoms with Gasteiger partial charge in [-0.3, -0.25) is 0 Å². The largest absolute Gasteiger partial charge is 0.393 e. The van der Waals surface area contributed by atoms with Gasteiger partial charge in [0.15, 0.2) is 0 Å². The summed E-state index contributed by atoms with van der Waals surface area (Å²) in [5, 5.41) is 25.0. The first-order valence-electron chi connectivity index (χ1n) is 12.0. The van der Waals surface area contributed by atoms with E-state index in [0.717, 1.165) is 61.3 Å². The number of rotatable bonds is 1. The van der Waals surface area contributed by atoms with Crippen LogP contribution in [0.5, 0.6) is 0 Å². The zero-order valence-corrected chi connectivity index (χ0v) is 19.3. The van der Waals surface area contributed by atoms with Crippen molar-refractivity contribution in [3.05, 3.63) is 70.6 Å². The third-order valence-corrected chi connectivity index (χ3v) is 9.15. The Morgan fingerprint density at radius 2 is 2.00 bits per heavy atom. The molecule has 4 heteroatoms. The molecule has 5 atom stereocenters. The van der Waals surface area contributed by atoms with Gasteiger partial charge in [-0.1, -0.05) is 54.5 Å². The van der Waals surface area contributed by atoms with E-state index in [1.807, 2.05) is 6.07 Å². The lowest BCUT2D eigenvalue weighted by Gasteiger charge is -2.48. The van der Waals surface area contributed by atoms with Crippen LogP contribution in [-0.2, 0) is 0 Å². The molecule has 0 saturated heterocycles. The molecule has 0 radical (unpaired) electrons. The van der Waals surface area contributed by atoms with E-state index in [9.17, 15) is 10.2 Å². The van der Waals surface area contributed by atoms with Crippen molar-refractivity contribution in [1.82, 2.24) is 4.98 Å². The van der Waals surface area contributed by atoms with Gasteiger partial charge in [0.25, 0.3) is 0 Å². The summed E-state index contributed by atoms with van der Waals surface area (Å²) in [6.45, 7) is 2.33. The summed E-state index contributed by atoms with van der Waals surface area (Å²) in [6, 6.07) is 8.47. The van der Waals surface area contributed by atoms with Gasteiger partial charge in [0.05, 0.1) is 11.7 Å². The molecular weight excluding hydrogens is 418 g/mol. The molecule has 6 rings (SSSR count). The maximum atomic E-state index is 12.2. The SMILES string of the molecule is CC12CC=C3C=C4CC(O)CCC4CC[C@]3(O)C1CC=C2c1ccc2ccnc(Cl)c2c1. The molecule has 1 fully saturated rings. The predicted molar refractivity (Wildman–Crippen MR) is 129 cm³/mol. The second-order valence-corrected chi connectivity index (χ2v) is 10.9. The monoisotopic (exact) mass is 447 g/mol. The van der Waals surface area contributed by atoms with Gasteiger partial charge < -0.3 is 10.2 Å². The predicted octanol–water partition coefficient (Wildman–Crippen LogP) is 6.24. The van der Waals surface area contributed by atoms with E-state index in [2.05, 4.69) is 48.3 Å². The molecule has 166 valence electrons. The van der Waals surface area contributed by atoms with Crippen molar-refractivity contribution in [1.29, 1.82) is 0 Å². The minimum Gasteiger partial charge on any atom is -0.393 e. The molecule has 0 aliphatic heterocycles. The molecule has 4 unspecified atom stereocenters. The Morgan fingerprint density at radius 1 is 1.12 bits per heavy atom. The zero-order valence-electron chi connectivity index (χ0n) is 18.5. The Bertz CT molecular complexity index is 1200. The molecule has 2 N–H and O–H groups in total. The van der Waals surface area contributed by atoms with Crippen molar-refractivity contribution >= 4 is 27.9 Å². The average Bonchev–Trinajstić information content (AvgIpc) is 3.06. The number of hydrogen-bond acceptors (Lipinski definition) is 3. The maximum absolute atomic E-state index is 12.2. The fourth-order valence-corrected chi connectivity index (χ4v) is 7.28. The van der Waals surface area contributed by atoms with Crippen LogP contribution in [0, 0.1) is 17.3 Å². The van der Waals surface area contributed by atoms with E-state index in [-0.39, 0.29) is 17.4 Å². The summed E-state index contributed by atoms with van der Waals surface area (Å²) >= 11 is 6.40. The van der Waals surface area contributed by atoms with Crippen LogP contribution in [0.4, 0.5) is 0 Å². The van der Waals surface area contributed by atoms with E-state index < -0.39 is 5.60 Å². The molecule has 2 aromatic rings. The van der Waals surface area contributed by atoms with Gasteiger partial charge >= 0.3 is 0 Å². The molecule has 0 amide bonds. The van der Waals surface area contributed by atoms with Crippen molar-refractivity contribution in [2.45, 2.75) is 63.6 Å². The highest BCUT2D eigenvalue weighted by Crippen LogP contribution is 2.61. The highest BCUT2D eigenvalue weighted by molar-refractivity contribution is 6.34. The molecule has 3 nitrogen and oxygen atoms in total. The molecule has 1 saturated carbocycles. The number of fused-ring (bicyclic) bond motifs is 5. The summed E-state index contributed by atoms with van der Waals surface area (Å²) in [5.41, 5.74) is 4.01. The molecule has 0 bridgehead atoms. The third kappa shape index (κ3) is 2.98. The van der Waals surface area contributed by atoms with Gasteiger partial charge in [-0.15, -0.1) is 0 Å². The first-order valence-corrected chi connectivity index (χ1v) is 12.3. The van der Waals surface area contributed by atoms with Gasteiger partial charge in [-0.25, -0.2) is 4.98 Å². The Kier molecular flexibility index (Phi) is 4.70. The lowest BCUT2D eigenvalue weighted by molar-refractivity contribution is -0.0330. The van der Waals surface area contributed by atoms with Gasteiger partial charge in [-0.05, 0) is 85.1 Å². The van der Waals surface area contributed by atoms with Crippen molar-refractivity contribution in [3.63, 3.8) is 0 Å². The normalized spacial score (nSPS) is 36.4. The fraction of sp³-hybridized carbons (Fsp3) is 0.464. The van der Waals surface area contributed by atoms with Crippen molar-refractivity contribution in [2.24, 2.45) is 17.3 Å². The summed E-state index contributed by atoms with van der Waals surface area (Å²) in [4.78, 5) is 4.26. The number of aliphatic hydroxyl groups is 2.